The summed E-state index contributed by atoms with van der Waals surface area (Å²) in [5.41, 5.74) is 4.92. The second kappa shape index (κ2) is 14.4. The number of carbonyl (C=O) groups is 1. The minimum Gasteiger partial charge on any atom is -0.504 e. The normalized spacial score (nSPS) is 30.8. The van der Waals surface area contributed by atoms with E-state index in [4.69, 9.17) is 35.4 Å². The molecular formula is C31H37ClN2O11. The van der Waals surface area contributed by atoms with E-state index < -0.39 is 54.9 Å². The minimum atomic E-state index is -1.47. The maximum absolute atomic E-state index is 12.9. The number of carbonyl (C=O) groups excluding carboxylic acids is 1. The van der Waals surface area contributed by atoms with Crippen LogP contribution in [0, 0.1) is 0 Å². The molecule has 3 aliphatic rings. The Morgan fingerprint density at radius 1 is 1.07 bits per heavy atom. The molecule has 0 bridgehead atoms. The summed E-state index contributed by atoms with van der Waals surface area (Å²) in [6, 6.07) is 10.5. The number of hydrogen-bond acceptors (Lipinski definition) is 12. The Kier molecular flexibility index (Phi) is 10.5. The van der Waals surface area contributed by atoms with Crippen molar-refractivity contribution >= 4 is 23.6 Å². The maximum Gasteiger partial charge on any atom is 0.247 e. The number of ether oxygens (including phenoxy) is 4. The molecule has 2 heterocycles. The summed E-state index contributed by atoms with van der Waals surface area (Å²) in [6.07, 6.45) is -5.67. The molecule has 1 amide bonds. The second-order valence-electron chi connectivity index (χ2n) is 11.0. The van der Waals surface area contributed by atoms with Crippen LogP contribution in [-0.4, -0.2) is 87.2 Å². The van der Waals surface area contributed by atoms with Crippen LogP contribution in [0.3, 0.4) is 0 Å². The molecule has 5 rings (SSSR count). The number of halogens is 1. The van der Waals surface area contributed by atoms with Crippen molar-refractivity contribution in [2.45, 2.75) is 82.3 Å². The standard InChI is InChI=1S/C31H37ClN2O11/c1-3-19(34-43-13-17-5-4-6-18(32)10-17)28-21(36)12-23(45-28)44-22-8-7-16(11-20(22)35)9-15(2)31(40)33-24-25(37)27(39)30-29(26(24)38)41-14-42-30/h4-11,21,23-27,29-30,34-39H,3,12-14H2,1-2H3,(H,33,40)/t21-,23+,24+,25-,26+,27+,29-,30+/m0/s1. The molecular weight excluding hydrogens is 612 g/mol. The summed E-state index contributed by atoms with van der Waals surface area (Å²) in [6.45, 7) is 3.50. The van der Waals surface area contributed by atoms with E-state index in [-0.39, 0.29) is 42.7 Å². The zero-order valence-corrected chi connectivity index (χ0v) is 25.4. The molecule has 0 spiro atoms. The molecule has 244 valence electrons. The van der Waals surface area contributed by atoms with Gasteiger partial charge in [0.05, 0.1) is 24.8 Å². The molecule has 0 radical (unpaired) electrons. The lowest BCUT2D eigenvalue weighted by Crippen LogP contribution is -2.67. The first-order valence-corrected chi connectivity index (χ1v) is 14.9. The van der Waals surface area contributed by atoms with Crippen molar-refractivity contribution in [2.75, 3.05) is 6.79 Å². The lowest BCUT2D eigenvalue weighted by molar-refractivity contribution is -0.155. The number of phenols is 1. The Morgan fingerprint density at radius 2 is 1.82 bits per heavy atom. The quantitative estimate of drug-likeness (QED) is 0.146. The van der Waals surface area contributed by atoms with Crippen LogP contribution in [0.5, 0.6) is 11.5 Å². The molecule has 14 heteroatoms. The number of nitrogens with one attached hydrogen (secondary N) is 2. The van der Waals surface area contributed by atoms with Crippen molar-refractivity contribution in [3.63, 3.8) is 0 Å². The fraction of sp³-hybridized carbons (Fsp3) is 0.452. The fourth-order valence-corrected chi connectivity index (χ4v) is 5.65. The number of benzene rings is 2. The van der Waals surface area contributed by atoms with Crippen LogP contribution in [0.2, 0.25) is 5.02 Å². The number of aliphatic hydroxyl groups excluding tert-OH is 4. The van der Waals surface area contributed by atoms with Crippen LogP contribution in [0.4, 0.5) is 0 Å². The number of allylic oxidation sites excluding steroid dienone is 1. The van der Waals surface area contributed by atoms with Gasteiger partial charge in [0.15, 0.2) is 17.3 Å². The van der Waals surface area contributed by atoms with E-state index >= 15 is 0 Å². The first kappa shape index (κ1) is 33.0. The number of phenolic OH excluding ortho intramolecular Hbond substituents is 1. The molecule has 7 N–H and O–H groups in total. The van der Waals surface area contributed by atoms with Crippen molar-refractivity contribution in [3.8, 4) is 11.5 Å². The SMILES string of the molecule is CCC(NOCc1cccc(Cl)c1)=C1O[C@@H](Oc2ccc(C=C(C)C(=O)N[C@@H]3[C@H](O)[C@@H](O)[C@H]4OCO[C@H]4[C@@H]3O)cc2O)C[C@@H]1O. The van der Waals surface area contributed by atoms with Gasteiger partial charge in [0.25, 0.3) is 0 Å². The van der Waals surface area contributed by atoms with Gasteiger partial charge >= 0.3 is 0 Å². The van der Waals surface area contributed by atoms with E-state index in [2.05, 4.69) is 10.8 Å². The predicted molar refractivity (Wildman–Crippen MR) is 159 cm³/mol. The molecule has 0 unspecified atom stereocenters. The van der Waals surface area contributed by atoms with Crippen LogP contribution in [0.15, 0.2) is 59.5 Å². The summed E-state index contributed by atoms with van der Waals surface area (Å²) in [4.78, 5) is 18.5. The number of fused-ring (bicyclic) bond motifs is 1. The zero-order chi connectivity index (χ0) is 32.2. The number of aliphatic hydroxyl groups is 4. The first-order valence-electron chi connectivity index (χ1n) is 14.5. The number of hydrogen-bond donors (Lipinski definition) is 7. The Hall–Kier alpha value is -3.40. The van der Waals surface area contributed by atoms with Gasteiger partial charge in [0.2, 0.25) is 12.2 Å². The van der Waals surface area contributed by atoms with Gasteiger partial charge in [-0.3, -0.25) is 15.1 Å². The molecule has 1 aliphatic carbocycles. The Bertz CT molecular complexity index is 1440. The molecule has 2 aliphatic heterocycles. The summed E-state index contributed by atoms with van der Waals surface area (Å²) >= 11 is 6.01. The highest BCUT2D eigenvalue weighted by atomic mass is 35.5. The number of amides is 1. The highest BCUT2D eigenvalue weighted by molar-refractivity contribution is 6.30. The second-order valence-corrected chi connectivity index (χ2v) is 11.5. The Morgan fingerprint density at radius 3 is 2.53 bits per heavy atom. The molecule has 0 aromatic heterocycles. The van der Waals surface area contributed by atoms with Crippen LogP contribution in [0.25, 0.3) is 6.08 Å². The summed E-state index contributed by atoms with van der Waals surface area (Å²) < 4.78 is 22.2. The summed E-state index contributed by atoms with van der Waals surface area (Å²) in [5, 5.41) is 55.8. The van der Waals surface area contributed by atoms with E-state index in [1.165, 1.54) is 25.1 Å². The van der Waals surface area contributed by atoms with Crippen molar-refractivity contribution in [3.05, 3.63) is 75.6 Å². The van der Waals surface area contributed by atoms with Crippen LogP contribution < -0.4 is 15.5 Å². The van der Waals surface area contributed by atoms with Gasteiger partial charge in [-0.1, -0.05) is 36.7 Å². The minimum absolute atomic E-state index is 0.103. The van der Waals surface area contributed by atoms with Crippen molar-refractivity contribution < 1.29 is 54.1 Å². The zero-order valence-electron chi connectivity index (χ0n) is 24.6. The summed E-state index contributed by atoms with van der Waals surface area (Å²) in [5.74, 6) is -0.451. The van der Waals surface area contributed by atoms with Gasteiger partial charge in [0.1, 0.15) is 43.4 Å². The summed E-state index contributed by atoms with van der Waals surface area (Å²) in [7, 11) is 0. The van der Waals surface area contributed by atoms with Gasteiger partial charge in [0, 0.05) is 10.6 Å². The molecule has 45 heavy (non-hydrogen) atoms. The molecule has 2 saturated heterocycles. The van der Waals surface area contributed by atoms with Crippen molar-refractivity contribution in [1.29, 1.82) is 0 Å². The third-order valence-corrected chi connectivity index (χ3v) is 8.07. The molecule has 2 aromatic carbocycles. The average molecular weight is 649 g/mol. The van der Waals surface area contributed by atoms with E-state index in [9.17, 15) is 30.3 Å². The molecule has 2 aromatic rings. The monoisotopic (exact) mass is 648 g/mol. The molecule has 8 atom stereocenters. The van der Waals surface area contributed by atoms with Crippen molar-refractivity contribution in [1.82, 2.24) is 10.8 Å². The first-order chi connectivity index (χ1) is 21.5. The van der Waals surface area contributed by atoms with E-state index in [0.29, 0.717) is 22.7 Å². The van der Waals surface area contributed by atoms with Crippen LogP contribution in [0.1, 0.15) is 37.8 Å². The third kappa shape index (κ3) is 7.54. The predicted octanol–water partition coefficient (Wildman–Crippen LogP) is 1.60. The van der Waals surface area contributed by atoms with Gasteiger partial charge in [-0.15, -0.1) is 0 Å². The van der Waals surface area contributed by atoms with Gasteiger partial charge in [-0.25, -0.2) is 0 Å². The molecule has 3 fully saturated rings. The number of hydroxylamine groups is 1. The topological polar surface area (TPSA) is 188 Å². The molecule has 13 nitrogen and oxygen atoms in total. The highest BCUT2D eigenvalue weighted by Gasteiger charge is 2.53. The van der Waals surface area contributed by atoms with E-state index in [1.807, 2.05) is 19.1 Å². The highest BCUT2D eigenvalue weighted by Crippen LogP contribution is 2.34. The van der Waals surface area contributed by atoms with Gasteiger partial charge in [-0.05, 0) is 54.8 Å². The van der Waals surface area contributed by atoms with E-state index in [0.717, 1.165) is 5.56 Å². The van der Waals surface area contributed by atoms with Gasteiger partial charge < -0.3 is 49.8 Å². The smallest absolute Gasteiger partial charge is 0.247 e. The van der Waals surface area contributed by atoms with Crippen LogP contribution in [-0.2, 0) is 30.4 Å². The third-order valence-electron chi connectivity index (χ3n) is 7.84. The average Bonchev–Trinajstić information content (AvgIpc) is 3.65. The number of aromatic hydroxyl groups is 1. The maximum atomic E-state index is 12.9. The lowest BCUT2D eigenvalue weighted by atomic mass is 9.83. The van der Waals surface area contributed by atoms with E-state index in [1.54, 1.807) is 18.2 Å². The van der Waals surface area contributed by atoms with Crippen molar-refractivity contribution in [2.24, 2.45) is 0 Å². The van der Waals surface area contributed by atoms with Crippen LogP contribution >= 0.6 is 11.6 Å². The Balaban J connectivity index is 1.17. The van der Waals surface area contributed by atoms with Gasteiger partial charge in [-0.2, -0.15) is 0 Å². The lowest BCUT2D eigenvalue weighted by Gasteiger charge is -2.41. The molecule has 1 saturated carbocycles. The fourth-order valence-electron chi connectivity index (χ4n) is 5.43. The Labute approximate surface area is 264 Å². The number of rotatable bonds is 10. The largest absolute Gasteiger partial charge is 0.504 e.